The molecule has 0 aliphatic carbocycles. The maximum atomic E-state index is 12.5. The van der Waals surface area contributed by atoms with E-state index in [2.05, 4.69) is 46.7 Å². The molecule has 0 spiro atoms. The molecule has 2 heterocycles. The molecule has 142 valence electrons. The number of hydrogen-bond acceptors (Lipinski definition) is 4. The number of likely N-dealkylation sites (tertiary alicyclic amines) is 1. The second kappa shape index (κ2) is 10.3. The third kappa shape index (κ3) is 5.83. The Balaban J connectivity index is 0.00000156. The van der Waals surface area contributed by atoms with Crippen LogP contribution in [0.2, 0.25) is 0 Å². The summed E-state index contributed by atoms with van der Waals surface area (Å²) in [6, 6.07) is 11.0. The molecule has 0 radical (unpaired) electrons. The van der Waals surface area contributed by atoms with Crippen molar-refractivity contribution in [3.63, 3.8) is 0 Å². The Kier molecular flexibility index (Phi) is 9.17. The fourth-order valence-electron chi connectivity index (χ4n) is 3.56. The van der Waals surface area contributed by atoms with Crippen molar-refractivity contribution in [1.29, 1.82) is 0 Å². The Morgan fingerprint density at radius 2 is 2.00 bits per heavy atom. The van der Waals surface area contributed by atoms with Crippen LogP contribution < -0.4 is 10.6 Å². The predicted octanol–water partition coefficient (Wildman–Crippen LogP) is 1.99. The highest BCUT2D eigenvalue weighted by Crippen LogP contribution is 2.20. The molecule has 2 aliphatic heterocycles. The Bertz CT molecular complexity index is 532. The van der Waals surface area contributed by atoms with Gasteiger partial charge in [-0.2, -0.15) is 0 Å². The van der Waals surface area contributed by atoms with Gasteiger partial charge in [0.25, 0.3) is 0 Å². The fourth-order valence-corrected chi connectivity index (χ4v) is 3.56. The molecule has 2 saturated heterocycles. The first kappa shape index (κ1) is 22.2. The van der Waals surface area contributed by atoms with Gasteiger partial charge >= 0.3 is 0 Å². The van der Waals surface area contributed by atoms with Crippen LogP contribution in [0.5, 0.6) is 0 Å². The van der Waals surface area contributed by atoms with Crippen LogP contribution in [0.25, 0.3) is 0 Å². The molecule has 0 bridgehead atoms. The van der Waals surface area contributed by atoms with Gasteiger partial charge in [0.1, 0.15) is 6.04 Å². The van der Waals surface area contributed by atoms with Gasteiger partial charge in [0.15, 0.2) is 0 Å². The van der Waals surface area contributed by atoms with E-state index >= 15 is 0 Å². The first-order valence-corrected chi connectivity index (χ1v) is 8.57. The summed E-state index contributed by atoms with van der Waals surface area (Å²) in [6.45, 7) is 7.45. The van der Waals surface area contributed by atoms with Gasteiger partial charge in [0.2, 0.25) is 5.91 Å². The highest BCUT2D eigenvalue weighted by Gasteiger charge is 2.34. The average Bonchev–Trinajstić information content (AvgIpc) is 2.88. The molecule has 2 fully saturated rings. The van der Waals surface area contributed by atoms with E-state index in [-0.39, 0.29) is 48.9 Å². The van der Waals surface area contributed by atoms with Crippen molar-refractivity contribution in [2.75, 3.05) is 19.7 Å². The monoisotopic (exact) mass is 389 g/mol. The van der Waals surface area contributed by atoms with E-state index in [4.69, 9.17) is 4.74 Å². The highest BCUT2D eigenvalue weighted by molar-refractivity contribution is 5.85. The minimum absolute atomic E-state index is 0. The minimum Gasteiger partial charge on any atom is -0.375 e. The molecule has 2 aliphatic rings. The predicted molar refractivity (Wildman–Crippen MR) is 105 cm³/mol. The van der Waals surface area contributed by atoms with Crippen molar-refractivity contribution in [3.8, 4) is 0 Å². The number of amides is 1. The van der Waals surface area contributed by atoms with E-state index in [1.54, 1.807) is 0 Å². The minimum atomic E-state index is -0.234. The van der Waals surface area contributed by atoms with Crippen molar-refractivity contribution in [1.82, 2.24) is 15.5 Å². The molecule has 0 aromatic heterocycles. The van der Waals surface area contributed by atoms with Crippen LogP contribution in [0.4, 0.5) is 0 Å². The highest BCUT2D eigenvalue weighted by atomic mass is 35.5. The molecular formula is C18H29Cl2N3O2. The summed E-state index contributed by atoms with van der Waals surface area (Å²) in [5.74, 6) is 0.0657. The lowest BCUT2D eigenvalue weighted by Crippen LogP contribution is -2.57. The molecule has 1 aromatic rings. The summed E-state index contributed by atoms with van der Waals surface area (Å²) >= 11 is 0. The lowest BCUT2D eigenvalue weighted by Gasteiger charge is -2.30. The molecule has 1 amide bonds. The van der Waals surface area contributed by atoms with Crippen LogP contribution >= 0.6 is 24.8 Å². The number of rotatable bonds is 4. The second-order valence-corrected chi connectivity index (χ2v) is 6.71. The van der Waals surface area contributed by atoms with Gasteiger partial charge in [0.05, 0.1) is 12.7 Å². The number of benzene rings is 1. The van der Waals surface area contributed by atoms with Crippen LogP contribution in [-0.2, 0) is 16.1 Å². The van der Waals surface area contributed by atoms with E-state index in [9.17, 15) is 4.79 Å². The summed E-state index contributed by atoms with van der Waals surface area (Å²) in [7, 11) is 0. The molecular weight excluding hydrogens is 361 g/mol. The van der Waals surface area contributed by atoms with Gasteiger partial charge in [-0.3, -0.25) is 9.69 Å². The van der Waals surface area contributed by atoms with Gasteiger partial charge in [0, 0.05) is 31.7 Å². The van der Waals surface area contributed by atoms with Gasteiger partial charge in [-0.15, -0.1) is 24.8 Å². The molecule has 1 aromatic carbocycles. The van der Waals surface area contributed by atoms with E-state index in [0.717, 1.165) is 26.1 Å². The van der Waals surface area contributed by atoms with Gasteiger partial charge in [-0.05, 0) is 25.8 Å². The van der Waals surface area contributed by atoms with E-state index in [1.165, 1.54) is 5.56 Å². The Labute approximate surface area is 162 Å². The lowest BCUT2D eigenvalue weighted by atomic mass is 10.1. The molecule has 7 heteroatoms. The molecule has 2 unspecified atom stereocenters. The largest absolute Gasteiger partial charge is 0.375 e. The zero-order valence-corrected chi connectivity index (χ0v) is 16.4. The van der Waals surface area contributed by atoms with Crippen LogP contribution in [0.1, 0.15) is 25.8 Å². The Hall–Kier alpha value is -0.850. The fraction of sp³-hybridized carbons (Fsp3) is 0.611. The SMILES string of the molecule is CC1CC(NC(=O)[C@H]2NCCO[C@@H]2C)CN1Cc1ccccc1.Cl.Cl. The zero-order valence-electron chi connectivity index (χ0n) is 14.8. The molecule has 5 nitrogen and oxygen atoms in total. The van der Waals surface area contributed by atoms with Crippen molar-refractivity contribution in [3.05, 3.63) is 35.9 Å². The van der Waals surface area contributed by atoms with Crippen molar-refractivity contribution >= 4 is 30.7 Å². The van der Waals surface area contributed by atoms with Crippen molar-refractivity contribution in [2.45, 2.75) is 51.0 Å². The number of carbonyl (C=O) groups excluding carboxylic acids is 1. The summed E-state index contributed by atoms with van der Waals surface area (Å²) in [5.41, 5.74) is 1.32. The topological polar surface area (TPSA) is 53.6 Å². The number of nitrogens with one attached hydrogen (secondary N) is 2. The van der Waals surface area contributed by atoms with Crippen LogP contribution in [0, 0.1) is 0 Å². The Morgan fingerprint density at radius 1 is 1.28 bits per heavy atom. The Morgan fingerprint density at radius 3 is 2.68 bits per heavy atom. The third-order valence-electron chi connectivity index (χ3n) is 4.88. The van der Waals surface area contributed by atoms with Crippen LogP contribution in [0.15, 0.2) is 30.3 Å². The number of halogens is 2. The maximum absolute atomic E-state index is 12.5. The van der Waals surface area contributed by atoms with E-state index in [1.807, 2.05) is 13.0 Å². The first-order chi connectivity index (χ1) is 11.1. The number of carbonyl (C=O) groups is 1. The number of nitrogens with zero attached hydrogens (tertiary/aromatic N) is 1. The van der Waals surface area contributed by atoms with Crippen LogP contribution in [0.3, 0.4) is 0 Å². The van der Waals surface area contributed by atoms with Gasteiger partial charge < -0.3 is 15.4 Å². The van der Waals surface area contributed by atoms with Crippen LogP contribution in [-0.4, -0.2) is 54.7 Å². The molecule has 4 atom stereocenters. The summed E-state index contributed by atoms with van der Waals surface area (Å²) < 4.78 is 5.56. The molecule has 3 rings (SSSR count). The summed E-state index contributed by atoms with van der Waals surface area (Å²) in [6.07, 6.45) is 0.934. The van der Waals surface area contributed by atoms with Gasteiger partial charge in [-0.25, -0.2) is 0 Å². The smallest absolute Gasteiger partial charge is 0.240 e. The number of hydrogen-bond donors (Lipinski definition) is 2. The standard InChI is InChI=1S/C18H27N3O2.2ClH/c1-13-10-16(12-21(13)11-15-6-4-3-5-7-15)20-18(22)17-14(2)23-9-8-19-17;;/h3-7,13-14,16-17,19H,8-12H2,1-2H3,(H,20,22);2*1H/t13?,14-,16?,17+;;/m1../s1. The number of morpholine rings is 1. The third-order valence-corrected chi connectivity index (χ3v) is 4.88. The quantitative estimate of drug-likeness (QED) is 0.826. The summed E-state index contributed by atoms with van der Waals surface area (Å²) in [5, 5.41) is 6.46. The second-order valence-electron chi connectivity index (χ2n) is 6.71. The van der Waals surface area contributed by atoms with Gasteiger partial charge in [-0.1, -0.05) is 30.3 Å². The molecule has 25 heavy (non-hydrogen) atoms. The molecule has 0 saturated carbocycles. The maximum Gasteiger partial charge on any atom is 0.240 e. The summed E-state index contributed by atoms with van der Waals surface area (Å²) in [4.78, 5) is 14.9. The average molecular weight is 390 g/mol. The number of ether oxygens (including phenoxy) is 1. The van der Waals surface area contributed by atoms with E-state index in [0.29, 0.717) is 12.6 Å². The lowest BCUT2D eigenvalue weighted by molar-refractivity contribution is -0.129. The zero-order chi connectivity index (χ0) is 16.2. The van der Waals surface area contributed by atoms with Crippen molar-refractivity contribution < 1.29 is 9.53 Å². The molecule has 2 N–H and O–H groups in total. The first-order valence-electron chi connectivity index (χ1n) is 8.57. The van der Waals surface area contributed by atoms with E-state index < -0.39 is 0 Å². The van der Waals surface area contributed by atoms with Crippen molar-refractivity contribution in [2.24, 2.45) is 0 Å². The normalized spacial score (nSPS) is 29.4.